The van der Waals surface area contributed by atoms with Gasteiger partial charge in [-0.25, -0.2) is 8.42 Å². The summed E-state index contributed by atoms with van der Waals surface area (Å²) in [4.78, 5) is 13.1. The first-order chi connectivity index (χ1) is 15.7. The van der Waals surface area contributed by atoms with Crippen molar-refractivity contribution in [3.63, 3.8) is 0 Å². The summed E-state index contributed by atoms with van der Waals surface area (Å²) in [6.07, 6.45) is 0.500. The zero-order chi connectivity index (χ0) is 24.0. The number of ether oxygens (including phenoxy) is 1. The Kier molecular flexibility index (Phi) is 7.89. The number of amides is 1. The van der Waals surface area contributed by atoms with Crippen molar-refractivity contribution >= 4 is 21.6 Å². The van der Waals surface area contributed by atoms with Crippen molar-refractivity contribution in [1.82, 2.24) is 4.31 Å². The molecule has 6 nitrogen and oxygen atoms in total. The Bertz CT molecular complexity index is 1180. The van der Waals surface area contributed by atoms with Gasteiger partial charge in [-0.15, -0.1) is 0 Å². The van der Waals surface area contributed by atoms with E-state index in [0.717, 1.165) is 11.1 Å². The summed E-state index contributed by atoms with van der Waals surface area (Å²) in [5, 5.41) is 2.78. The monoisotopic (exact) mass is 466 g/mol. The van der Waals surface area contributed by atoms with E-state index in [1.807, 2.05) is 49.4 Å². The van der Waals surface area contributed by atoms with Crippen molar-refractivity contribution in [1.29, 1.82) is 0 Å². The molecule has 0 saturated carbocycles. The van der Waals surface area contributed by atoms with Crippen molar-refractivity contribution in [2.45, 2.75) is 32.1 Å². The van der Waals surface area contributed by atoms with Crippen LogP contribution in [0.15, 0.2) is 71.6 Å². The Hall–Kier alpha value is -3.16. The van der Waals surface area contributed by atoms with Gasteiger partial charge in [-0.3, -0.25) is 4.79 Å². The summed E-state index contributed by atoms with van der Waals surface area (Å²) in [6.45, 7) is 5.42. The Morgan fingerprint density at radius 1 is 0.939 bits per heavy atom. The van der Waals surface area contributed by atoms with E-state index in [1.54, 1.807) is 45.2 Å². The molecular weight excluding hydrogens is 436 g/mol. The Labute approximate surface area is 196 Å². The van der Waals surface area contributed by atoms with E-state index in [2.05, 4.69) is 5.32 Å². The van der Waals surface area contributed by atoms with Crippen LogP contribution in [-0.4, -0.2) is 38.8 Å². The maximum Gasteiger partial charge on any atom is 0.244 e. The smallest absolute Gasteiger partial charge is 0.244 e. The molecule has 0 bridgehead atoms. The van der Waals surface area contributed by atoms with Gasteiger partial charge >= 0.3 is 0 Å². The highest BCUT2D eigenvalue weighted by Gasteiger charge is 2.29. The van der Waals surface area contributed by atoms with Crippen molar-refractivity contribution in [3.8, 4) is 5.75 Å². The molecular formula is C26H30N2O4S. The minimum absolute atomic E-state index is 0.190. The maximum absolute atomic E-state index is 13.7. The summed E-state index contributed by atoms with van der Waals surface area (Å²) in [5.74, 6) is 0.268. The van der Waals surface area contributed by atoms with E-state index in [9.17, 15) is 13.2 Å². The molecule has 3 aromatic carbocycles. The molecule has 0 saturated heterocycles. The number of benzene rings is 3. The molecule has 0 aliphatic carbocycles. The predicted octanol–water partition coefficient (Wildman–Crippen LogP) is 4.49. The zero-order valence-corrected chi connectivity index (χ0v) is 20.3. The fourth-order valence-electron chi connectivity index (χ4n) is 3.92. The van der Waals surface area contributed by atoms with Crippen LogP contribution in [0.3, 0.4) is 0 Å². The summed E-state index contributed by atoms with van der Waals surface area (Å²) >= 11 is 0. The molecule has 1 N–H and O–H groups in total. The van der Waals surface area contributed by atoms with Crippen molar-refractivity contribution in [2.24, 2.45) is 0 Å². The molecule has 0 fully saturated rings. The minimum atomic E-state index is -3.89. The number of carbonyl (C=O) groups is 1. The maximum atomic E-state index is 13.7. The van der Waals surface area contributed by atoms with Gasteiger partial charge in [-0.1, -0.05) is 48.0 Å². The van der Waals surface area contributed by atoms with Crippen LogP contribution in [0.2, 0.25) is 0 Å². The summed E-state index contributed by atoms with van der Waals surface area (Å²) in [6, 6.07) is 20.3. The fourth-order valence-corrected chi connectivity index (χ4v) is 5.73. The lowest BCUT2D eigenvalue weighted by Crippen LogP contribution is -2.39. The number of carbonyl (C=O) groups excluding carboxylic acids is 1. The Morgan fingerprint density at radius 3 is 2.12 bits per heavy atom. The summed E-state index contributed by atoms with van der Waals surface area (Å²) in [5.41, 5.74) is 3.92. The van der Waals surface area contributed by atoms with E-state index in [1.165, 1.54) is 4.31 Å². The van der Waals surface area contributed by atoms with E-state index < -0.39 is 15.9 Å². The van der Waals surface area contributed by atoms with E-state index in [-0.39, 0.29) is 18.0 Å². The number of methoxy groups -OCH3 is 1. The first-order valence-electron chi connectivity index (χ1n) is 10.8. The molecule has 0 atom stereocenters. The number of hydrogen-bond donors (Lipinski definition) is 1. The number of anilines is 1. The largest absolute Gasteiger partial charge is 0.497 e. The third-order valence-electron chi connectivity index (χ3n) is 5.39. The topological polar surface area (TPSA) is 75.7 Å². The van der Waals surface area contributed by atoms with Crippen LogP contribution in [-0.2, 0) is 21.2 Å². The second-order valence-electron chi connectivity index (χ2n) is 8.08. The average molecular weight is 467 g/mol. The van der Waals surface area contributed by atoms with Crippen LogP contribution in [0.4, 0.5) is 5.69 Å². The van der Waals surface area contributed by atoms with Gasteiger partial charge in [0, 0.05) is 12.2 Å². The van der Waals surface area contributed by atoms with Gasteiger partial charge in [0.1, 0.15) is 5.75 Å². The van der Waals surface area contributed by atoms with Gasteiger partial charge in [-0.05, 0) is 68.1 Å². The molecule has 7 heteroatoms. The average Bonchev–Trinajstić information content (AvgIpc) is 2.76. The lowest BCUT2D eigenvalue weighted by Gasteiger charge is -2.24. The molecule has 0 aliphatic heterocycles. The lowest BCUT2D eigenvalue weighted by molar-refractivity contribution is -0.116. The van der Waals surface area contributed by atoms with Crippen LogP contribution >= 0.6 is 0 Å². The van der Waals surface area contributed by atoms with Crippen LogP contribution in [0.25, 0.3) is 0 Å². The highest BCUT2D eigenvalue weighted by atomic mass is 32.2. The summed E-state index contributed by atoms with van der Waals surface area (Å²) in [7, 11) is -2.33. The quantitative estimate of drug-likeness (QED) is 0.504. The van der Waals surface area contributed by atoms with E-state index >= 15 is 0 Å². The number of sulfonamides is 1. The Balaban J connectivity index is 1.87. The SMILES string of the molecule is COc1ccc(NC(=O)CN(CCc2ccccc2)S(=O)(=O)c2c(C)cc(C)cc2C)cc1. The summed E-state index contributed by atoms with van der Waals surface area (Å²) < 4.78 is 33.8. The molecule has 3 aromatic rings. The van der Waals surface area contributed by atoms with Gasteiger partial charge in [0.25, 0.3) is 0 Å². The molecule has 33 heavy (non-hydrogen) atoms. The molecule has 0 aromatic heterocycles. The Morgan fingerprint density at radius 2 is 1.55 bits per heavy atom. The molecule has 0 spiro atoms. The van der Waals surface area contributed by atoms with Gasteiger partial charge in [0.05, 0.1) is 18.6 Å². The molecule has 1 amide bonds. The molecule has 0 aliphatic rings. The number of nitrogens with one attached hydrogen (secondary N) is 1. The second kappa shape index (κ2) is 10.6. The standard InChI is InChI=1S/C26H30N2O4S/c1-19-16-20(2)26(21(3)17-19)33(30,31)28(15-14-22-8-6-5-7-9-22)18-25(29)27-23-10-12-24(32-4)13-11-23/h5-13,16-17H,14-15,18H2,1-4H3,(H,27,29). The first kappa shape index (κ1) is 24.5. The zero-order valence-electron chi connectivity index (χ0n) is 19.5. The van der Waals surface area contributed by atoms with Crippen LogP contribution in [0.1, 0.15) is 22.3 Å². The van der Waals surface area contributed by atoms with E-state index in [4.69, 9.17) is 4.74 Å². The molecule has 174 valence electrons. The van der Waals surface area contributed by atoms with Gasteiger partial charge < -0.3 is 10.1 Å². The van der Waals surface area contributed by atoms with Crippen LogP contribution in [0.5, 0.6) is 5.75 Å². The van der Waals surface area contributed by atoms with Gasteiger partial charge in [0.15, 0.2) is 0 Å². The molecule has 0 unspecified atom stereocenters. The van der Waals surface area contributed by atoms with E-state index in [0.29, 0.717) is 29.0 Å². The molecule has 0 heterocycles. The first-order valence-corrected chi connectivity index (χ1v) is 12.2. The van der Waals surface area contributed by atoms with Gasteiger partial charge in [0.2, 0.25) is 15.9 Å². The molecule has 0 radical (unpaired) electrons. The van der Waals surface area contributed by atoms with Crippen molar-refractivity contribution < 1.29 is 17.9 Å². The number of hydrogen-bond acceptors (Lipinski definition) is 4. The number of rotatable bonds is 9. The van der Waals surface area contributed by atoms with Gasteiger partial charge in [-0.2, -0.15) is 4.31 Å². The number of nitrogens with zero attached hydrogens (tertiary/aromatic N) is 1. The molecule has 3 rings (SSSR count). The normalized spacial score (nSPS) is 11.4. The minimum Gasteiger partial charge on any atom is -0.497 e. The third kappa shape index (κ3) is 6.21. The highest BCUT2D eigenvalue weighted by Crippen LogP contribution is 2.26. The highest BCUT2D eigenvalue weighted by molar-refractivity contribution is 7.89. The van der Waals surface area contributed by atoms with Crippen LogP contribution in [0, 0.1) is 20.8 Å². The van der Waals surface area contributed by atoms with Crippen molar-refractivity contribution in [3.05, 3.63) is 89.0 Å². The van der Waals surface area contributed by atoms with Crippen molar-refractivity contribution in [2.75, 3.05) is 25.5 Å². The van der Waals surface area contributed by atoms with Crippen LogP contribution < -0.4 is 10.1 Å². The predicted molar refractivity (Wildman–Crippen MR) is 131 cm³/mol. The fraction of sp³-hybridized carbons (Fsp3) is 0.269. The number of aryl methyl sites for hydroxylation is 3. The second-order valence-corrected chi connectivity index (χ2v) is 9.95. The lowest BCUT2D eigenvalue weighted by atomic mass is 10.1. The third-order valence-corrected chi connectivity index (χ3v) is 7.54.